The number of thiocarbonyl (C=S) groups is 1. The Morgan fingerprint density at radius 1 is 1.56 bits per heavy atom. The van der Waals surface area contributed by atoms with Gasteiger partial charge >= 0.3 is 0 Å². The first-order valence-electron chi connectivity index (χ1n) is 4.83. The molecule has 0 saturated carbocycles. The molecule has 1 rings (SSSR count). The zero-order valence-corrected chi connectivity index (χ0v) is 9.92. The predicted molar refractivity (Wildman–Crippen MR) is 70.4 cm³/mol. The Morgan fingerprint density at radius 3 is 2.88 bits per heavy atom. The summed E-state index contributed by atoms with van der Waals surface area (Å²) in [4.78, 5) is 3.94. The van der Waals surface area contributed by atoms with Crippen molar-refractivity contribution < 1.29 is 0 Å². The van der Waals surface area contributed by atoms with E-state index in [4.69, 9.17) is 12.2 Å². The summed E-state index contributed by atoms with van der Waals surface area (Å²) in [6, 6.07) is 3.78. The lowest BCUT2D eigenvalue weighted by Gasteiger charge is -2.05. The molecule has 5 heteroatoms. The van der Waals surface area contributed by atoms with Crippen molar-refractivity contribution >= 4 is 23.0 Å². The van der Waals surface area contributed by atoms with Crippen molar-refractivity contribution in [2.75, 3.05) is 6.54 Å². The van der Waals surface area contributed by atoms with Crippen molar-refractivity contribution in [3.63, 3.8) is 0 Å². The highest BCUT2D eigenvalue weighted by atomic mass is 32.1. The van der Waals surface area contributed by atoms with Crippen LogP contribution in [0.1, 0.15) is 12.5 Å². The Labute approximate surface area is 100 Å². The lowest BCUT2D eigenvalue weighted by atomic mass is 10.2. The number of nitrogens with zero attached hydrogens (tertiary/aromatic N) is 2. The molecule has 0 radical (unpaired) electrons. The molecule has 0 aliphatic carbocycles. The van der Waals surface area contributed by atoms with Gasteiger partial charge in [-0.3, -0.25) is 10.4 Å². The normalized spacial score (nSPS) is 10.7. The van der Waals surface area contributed by atoms with Gasteiger partial charge in [0.05, 0.1) is 5.71 Å². The summed E-state index contributed by atoms with van der Waals surface area (Å²) in [5.74, 6) is 0. The van der Waals surface area contributed by atoms with Crippen molar-refractivity contribution in [3.8, 4) is 0 Å². The van der Waals surface area contributed by atoms with Crippen LogP contribution in [-0.4, -0.2) is 22.4 Å². The number of pyridine rings is 1. The third kappa shape index (κ3) is 4.18. The van der Waals surface area contributed by atoms with E-state index in [-0.39, 0.29) is 0 Å². The zero-order chi connectivity index (χ0) is 11.8. The van der Waals surface area contributed by atoms with Crippen LogP contribution in [0.5, 0.6) is 0 Å². The van der Waals surface area contributed by atoms with Gasteiger partial charge < -0.3 is 5.32 Å². The van der Waals surface area contributed by atoms with Gasteiger partial charge in [-0.05, 0) is 31.3 Å². The standard InChI is InChI=1S/C11H14N4S/c1-3-6-13-11(16)15-14-9(2)10-4-7-12-8-5-10/h3-5,7-8H,1,6H2,2H3,(H2,13,15,16). The maximum Gasteiger partial charge on any atom is 0.187 e. The number of hydrogen-bond donors (Lipinski definition) is 2. The van der Waals surface area contributed by atoms with Gasteiger partial charge in [-0.15, -0.1) is 6.58 Å². The van der Waals surface area contributed by atoms with Crippen LogP contribution in [-0.2, 0) is 0 Å². The lowest BCUT2D eigenvalue weighted by Crippen LogP contribution is -2.32. The molecule has 0 saturated heterocycles. The molecular weight excluding hydrogens is 220 g/mol. The molecule has 0 aromatic carbocycles. The minimum Gasteiger partial charge on any atom is -0.358 e. The number of hydrazone groups is 1. The summed E-state index contributed by atoms with van der Waals surface area (Å²) >= 11 is 5.00. The number of hydrogen-bond acceptors (Lipinski definition) is 3. The molecule has 1 aromatic rings. The first kappa shape index (κ1) is 12.3. The number of rotatable bonds is 4. The van der Waals surface area contributed by atoms with E-state index in [1.165, 1.54) is 0 Å². The van der Waals surface area contributed by atoms with Gasteiger partial charge in [-0.2, -0.15) is 5.10 Å². The number of aromatic nitrogens is 1. The van der Waals surface area contributed by atoms with Gasteiger partial charge in [0.15, 0.2) is 5.11 Å². The van der Waals surface area contributed by atoms with Crippen LogP contribution in [0.3, 0.4) is 0 Å². The van der Waals surface area contributed by atoms with Crippen LogP contribution in [0, 0.1) is 0 Å². The fourth-order valence-electron chi connectivity index (χ4n) is 0.997. The second-order valence-electron chi connectivity index (χ2n) is 3.04. The Bertz CT molecular complexity index is 386. The van der Waals surface area contributed by atoms with Crippen molar-refractivity contribution in [3.05, 3.63) is 42.7 Å². The fraction of sp³-hybridized carbons (Fsp3) is 0.182. The predicted octanol–water partition coefficient (Wildman–Crippen LogP) is 1.46. The van der Waals surface area contributed by atoms with Gasteiger partial charge in [0.2, 0.25) is 0 Å². The quantitative estimate of drug-likeness (QED) is 0.358. The third-order valence-corrected chi connectivity index (χ3v) is 2.07. The molecule has 0 aliphatic heterocycles. The van der Waals surface area contributed by atoms with E-state index in [1.54, 1.807) is 18.5 Å². The summed E-state index contributed by atoms with van der Waals surface area (Å²) in [6.07, 6.45) is 5.18. The first-order chi connectivity index (χ1) is 7.74. The summed E-state index contributed by atoms with van der Waals surface area (Å²) < 4.78 is 0. The summed E-state index contributed by atoms with van der Waals surface area (Å²) in [7, 11) is 0. The second kappa shape index (κ2) is 6.68. The summed E-state index contributed by atoms with van der Waals surface area (Å²) in [6.45, 7) is 6.10. The third-order valence-electron chi connectivity index (χ3n) is 1.83. The van der Waals surface area contributed by atoms with Crippen LogP contribution < -0.4 is 10.7 Å². The largest absolute Gasteiger partial charge is 0.358 e. The molecule has 0 amide bonds. The Hall–Kier alpha value is -1.75. The maximum absolute atomic E-state index is 5.00. The van der Waals surface area contributed by atoms with Gasteiger partial charge in [0.25, 0.3) is 0 Å². The Morgan fingerprint density at radius 2 is 2.25 bits per heavy atom. The summed E-state index contributed by atoms with van der Waals surface area (Å²) in [5.41, 5.74) is 4.62. The topological polar surface area (TPSA) is 49.3 Å². The molecule has 1 heterocycles. The van der Waals surface area contributed by atoms with E-state index >= 15 is 0 Å². The molecule has 0 atom stereocenters. The summed E-state index contributed by atoms with van der Waals surface area (Å²) in [5, 5.41) is 7.55. The minimum atomic E-state index is 0.480. The van der Waals surface area contributed by atoms with E-state index in [9.17, 15) is 0 Å². The fourth-order valence-corrected chi connectivity index (χ4v) is 1.13. The van der Waals surface area contributed by atoms with Crippen LogP contribution >= 0.6 is 12.2 Å². The molecular formula is C11H14N4S. The molecule has 0 aliphatic rings. The smallest absolute Gasteiger partial charge is 0.187 e. The van der Waals surface area contributed by atoms with Crippen molar-refractivity contribution in [1.82, 2.24) is 15.7 Å². The minimum absolute atomic E-state index is 0.480. The second-order valence-corrected chi connectivity index (χ2v) is 3.45. The van der Waals surface area contributed by atoms with Crippen LogP contribution in [0.2, 0.25) is 0 Å². The van der Waals surface area contributed by atoms with Gasteiger partial charge in [-0.1, -0.05) is 6.08 Å². The molecule has 0 unspecified atom stereocenters. The highest BCUT2D eigenvalue weighted by Gasteiger charge is 1.96. The molecule has 84 valence electrons. The molecule has 0 fully saturated rings. The van der Waals surface area contributed by atoms with E-state index < -0.39 is 0 Å². The lowest BCUT2D eigenvalue weighted by molar-refractivity contribution is 0.936. The van der Waals surface area contributed by atoms with Crippen molar-refractivity contribution in [1.29, 1.82) is 0 Å². The monoisotopic (exact) mass is 234 g/mol. The maximum atomic E-state index is 5.00. The van der Waals surface area contributed by atoms with E-state index in [0.717, 1.165) is 11.3 Å². The molecule has 2 N–H and O–H groups in total. The van der Waals surface area contributed by atoms with Gasteiger partial charge in [0, 0.05) is 24.5 Å². The van der Waals surface area contributed by atoms with E-state index in [1.807, 2.05) is 19.1 Å². The molecule has 0 spiro atoms. The van der Waals surface area contributed by atoms with Crippen LogP contribution in [0.25, 0.3) is 0 Å². The molecule has 1 aromatic heterocycles. The average Bonchev–Trinajstić information content (AvgIpc) is 2.34. The highest BCUT2D eigenvalue weighted by molar-refractivity contribution is 7.80. The van der Waals surface area contributed by atoms with Gasteiger partial charge in [-0.25, -0.2) is 0 Å². The Kier molecular flexibility index (Phi) is 5.15. The highest BCUT2D eigenvalue weighted by Crippen LogP contribution is 1.97. The Balaban J connectivity index is 2.51. The SMILES string of the molecule is C=CCNC(=S)NN=C(C)c1ccncc1. The molecule has 0 bridgehead atoms. The van der Waals surface area contributed by atoms with Crippen LogP contribution in [0.15, 0.2) is 42.3 Å². The average molecular weight is 234 g/mol. The van der Waals surface area contributed by atoms with Crippen LogP contribution in [0.4, 0.5) is 0 Å². The van der Waals surface area contributed by atoms with Crippen molar-refractivity contribution in [2.45, 2.75) is 6.92 Å². The molecule has 4 nitrogen and oxygen atoms in total. The van der Waals surface area contributed by atoms with Crippen molar-refractivity contribution in [2.24, 2.45) is 5.10 Å². The first-order valence-corrected chi connectivity index (χ1v) is 5.24. The van der Waals surface area contributed by atoms with E-state index in [2.05, 4.69) is 27.4 Å². The number of nitrogens with one attached hydrogen (secondary N) is 2. The molecule has 16 heavy (non-hydrogen) atoms. The van der Waals surface area contributed by atoms with E-state index in [0.29, 0.717) is 11.7 Å². The zero-order valence-electron chi connectivity index (χ0n) is 9.10. The van der Waals surface area contributed by atoms with Gasteiger partial charge in [0.1, 0.15) is 0 Å².